The average molecular weight is 405 g/mol. The Kier molecular flexibility index (Phi) is 7.35. The number of thioether (sulfide) groups is 1. The third kappa shape index (κ3) is 5.84. The SMILES string of the molecule is C=CCn1c(CC2CCCCC2)nnc1SCC(=O)Nc1ccc(Cl)cc1. The molecule has 1 N–H and O–H groups in total. The summed E-state index contributed by atoms with van der Waals surface area (Å²) in [7, 11) is 0. The Balaban J connectivity index is 1.59. The Labute approximate surface area is 169 Å². The fourth-order valence-corrected chi connectivity index (χ4v) is 4.29. The molecule has 1 aliphatic carbocycles. The van der Waals surface area contributed by atoms with Crippen molar-refractivity contribution in [3.63, 3.8) is 0 Å². The van der Waals surface area contributed by atoms with Crippen molar-refractivity contribution < 1.29 is 4.79 Å². The maximum absolute atomic E-state index is 12.2. The van der Waals surface area contributed by atoms with E-state index in [0.717, 1.165) is 23.1 Å². The van der Waals surface area contributed by atoms with E-state index in [2.05, 4.69) is 26.7 Å². The molecular weight excluding hydrogens is 380 g/mol. The number of carbonyl (C=O) groups is 1. The summed E-state index contributed by atoms with van der Waals surface area (Å²) in [6, 6.07) is 7.08. The molecule has 0 spiro atoms. The zero-order chi connectivity index (χ0) is 19.1. The molecule has 0 radical (unpaired) electrons. The Morgan fingerprint density at radius 1 is 1.26 bits per heavy atom. The molecule has 2 aromatic rings. The third-order valence-electron chi connectivity index (χ3n) is 4.76. The first-order valence-electron chi connectivity index (χ1n) is 9.37. The summed E-state index contributed by atoms with van der Waals surface area (Å²) in [6.07, 6.45) is 9.32. The fraction of sp³-hybridized carbons (Fsp3) is 0.450. The van der Waals surface area contributed by atoms with Crippen LogP contribution in [0.4, 0.5) is 5.69 Å². The molecule has 1 aromatic heterocycles. The molecular formula is C20H25ClN4OS. The molecule has 5 nitrogen and oxygen atoms in total. The van der Waals surface area contributed by atoms with Crippen molar-refractivity contribution in [2.75, 3.05) is 11.1 Å². The van der Waals surface area contributed by atoms with Crippen molar-refractivity contribution in [3.8, 4) is 0 Å². The Morgan fingerprint density at radius 3 is 2.70 bits per heavy atom. The van der Waals surface area contributed by atoms with Gasteiger partial charge in [-0.15, -0.1) is 16.8 Å². The first-order chi connectivity index (χ1) is 13.2. The summed E-state index contributed by atoms with van der Waals surface area (Å²) in [5, 5.41) is 13.0. The van der Waals surface area contributed by atoms with Crippen LogP contribution in [0, 0.1) is 5.92 Å². The molecule has 1 fully saturated rings. The van der Waals surface area contributed by atoms with Gasteiger partial charge in [-0.05, 0) is 30.2 Å². The van der Waals surface area contributed by atoms with E-state index in [9.17, 15) is 4.79 Å². The maximum Gasteiger partial charge on any atom is 0.234 e. The van der Waals surface area contributed by atoms with Gasteiger partial charge in [0, 0.05) is 23.7 Å². The highest BCUT2D eigenvalue weighted by Crippen LogP contribution is 2.27. The number of allylic oxidation sites excluding steroid dienone is 1. The summed E-state index contributed by atoms with van der Waals surface area (Å²) in [4.78, 5) is 12.2. The average Bonchev–Trinajstić information content (AvgIpc) is 3.05. The van der Waals surface area contributed by atoms with Gasteiger partial charge >= 0.3 is 0 Å². The first-order valence-corrected chi connectivity index (χ1v) is 10.7. The monoisotopic (exact) mass is 404 g/mol. The second-order valence-corrected chi connectivity index (χ2v) is 8.23. The molecule has 0 aliphatic heterocycles. The number of hydrogen-bond donors (Lipinski definition) is 1. The zero-order valence-electron chi connectivity index (χ0n) is 15.4. The van der Waals surface area contributed by atoms with Gasteiger partial charge in [0.25, 0.3) is 0 Å². The molecule has 1 saturated carbocycles. The van der Waals surface area contributed by atoms with E-state index in [1.165, 1.54) is 43.9 Å². The molecule has 0 saturated heterocycles. The van der Waals surface area contributed by atoms with Crippen LogP contribution in [0.25, 0.3) is 0 Å². The molecule has 144 valence electrons. The zero-order valence-corrected chi connectivity index (χ0v) is 16.9. The number of rotatable bonds is 8. The van der Waals surface area contributed by atoms with Gasteiger partial charge in [0.2, 0.25) is 5.91 Å². The predicted octanol–water partition coefficient (Wildman–Crippen LogP) is 4.97. The van der Waals surface area contributed by atoms with Crippen LogP contribution in [-0.2, 0) is 17.8 Å². The highest BCUT2D eigenvalue weighted by Gasteiger charge is 2.19. The smallest absolute Gasteiger partial charge is 0.234 e. The lowest BCUT2D eigenvalue weighted by molar-refractivity contribution is -0.113. The number of aromatic nitrogens is 3. The third-order valence-corrected chi connectivity index (χ3v) is 5.98. The fourth-order valence-electron chi connectivity index (χ4n) is 3.40. The number of hydrogen-bond acceptors (Lipinski definition) is 4. The van der Waals surface area contributed by atoms with Crippen LogP contribution in [0.15, 0.2) is 42.1 Å². The van der Waals surface area contributed by atoms with E-state index in [-0.39, 0.29) is 11.7 Å². The summed E-state index contributed by atoms with van der Waals surface area (Å²) >= 11 is 7.27. The quantitative estimate of drug-likeness (QED) is 0.498. The standard InChI is InChI=1S/C20H25ClN4OS/c1-2-12-25-18(13-15-6-4-3-5-7-15)23-24-20(25)27-14-19(26)22-17-10-8-16(21)9-11-17/h2,8-11,15H,1,3-7,12-14H2,(H,22,26). The summed E-state index contributed by atoms with van der Waals surface area (Å²) in [5.74, 6) is 1.89. The van der Waals surface area contributed by atoms with Gasteiger partial charge in [-0.2, -0.15) is 0 Å². The van der Waals surface area contributed by atoms with Gasteiger partial charge in [0.15, 0.2) is 5.16 Å². The van der Waals surface area contributed by atoms with Crippen LogP contribution in [0.5, 0.6) is 0 Å². The minimum atomic E-state index is -0.0793. The summed E-state index contributed by atoms with van der Waals surface area (Å²) in [6.45, 7) is 4.51. The molecule has 27 heavy (non-hydrogen) atoms. The van der Waals surface area contributed by atoms with Crippen molar-refractivity contribution in [1.29, 1.82) is 0 Å². The summed E-state index contributed by atoms with van der Waals surface area (Å²) in [5.41, 5.74) is 0.732. The highest BCUT2D eigenvalue weighted by atomic mass is 35.5. The molecule has 1 aromatic carbocycles. The maximum atomic E-state index is 12.2. The lowest BCUT2D eigenvalue weighted by atomic mass is 9.87. The van der Waals surface area contributed by atoms with Crippen molar-refractivity contribution in [1.82, 2.24) is 14.8 Å². The van der Waals surface area contributed by atoms with Gasteiger partial charge in [0.05, 0.1) is 5.75 Å². The van der Waals surface area contributed by atoms with E-state index in [0.29, 0.717) is 17.5 Å². The normalized spacial score (nSPS) is 14.9. The largest absolute Gasteiger partial charge is 0.325 e. The molecule has 0 unspecified atom stereocenters. The topological polar surface area (TPSA) is 59.8 Å². The van der Waals surface area contributed by atoms with Gasteiger partial charge in [-0.3, -0.25) is 4.79 Å². The Hall–Kier alpha value is -1.79. The number of nitrogens with zero attached hydrogens (tertiary/aromatic N) is 3. The molecule has 1 amide bonds. The number of benzene rings is 1. The molecule has 0 atom stereocenters. The Morgan fingerprint density at radius 2 is 2.00 bits per heavy atom. The van der Waals surface area contributed by atoms with Gasteiger partial charge in [-0.25, -0.2) is 0 Å². The van der Waals surface area contributed by atoms with Crippen LogP contribution in [0.2, 0.25) is 5.02 Å². The van der Waals surface area contributed by atoms with Crippen LogP contribution in [0.3, 0.4) is 0 Å². The molecule has 0 bridgehead atoms. The number of carbonyl (C=O) groups excluding carboxylic acids is 1. The lowest BCUT2D eigenvalue weighted by Crippen LogP contribution is -2.15. The van der Waals surface area contributed by atoms with E-state index < -0.39 is 0 Å². The van der Waals surface area contributed by atoms with Crippen LogP contribution >= 0.6 is 23.4 Å². The van der Waals surface area contributed by atoms with Crippen molar-refractivity contribution in [2.24, 2.45) is 5.92 Å². The van der Waals surface area contributed by atoms with Crippen LogP contribution < -0.4 is 5.32 Å². The highest BCUT2D eigenvalue weighted by molar-refractivity contribution is 7.99. The molecule has 7 heteroatoms. The molecule has 1 aliphatic rings. The second-order valence-electron chi connectivity index (χ2n) is 6.85. The van der Waals surface area contributed by atoms with E-state index in [4.69, 9.17) is 11.6 Å². The van der Waals surface area contributed by atoms with E-state index >= 15 is 0 Å². The van der Waals surface area contributed by atoms with Crippen molar-refractivity contribution in [3.05, 3.63) is 47.8 Å². The van der Waals surface area contributed by atoms with Gasteiger partial charge in [-0.1, -0.05) is 61.5 Å². The van der Waals surface area contributed by atoms with Gasteiger partial charge in [0.1, 0.15) is 5.82 Å². The molecule has 1 heterocycles. The van der Waals surface area contributed by atoms with Gasteiger partial charge < -0.3 is 9.88 Å². The van der Waals surface area contributed by atoms with Crippen molar-refractivity contribution in [2.45, 2.75) is 50.2 Å². The number of halogens is 1. The Bertz CT molecular complexity index is 769. The minimum Gasteiger partial charge on any atom is -0.325 e. The van der Waals surface area contributed by atoms with Crippen LogP contribution in [0.1, 0.15) is 37.9 Å². The number of nitrogens with one attached hydrogen (secondary N) is 1. The predicted molar refractivity (Wildman–Crippen MR) is 111 cm³/mol. The summed E-state index contributed by atoms with van der Waals surface area (Å²) < 4.78 is 2.09. The number of amides is 1. The van der Waals surface area contributed by atoms with Crippen molar-refractivity contribution >= 4 is 35.0 Å². The van der Waals surface area contributed by atoms with E-state index in [1.807, 2.05) is 6.08 Å². The minimum absolute atomic E-state index is 0.0793. The van der Waals surface area contributed by atoms with Crippen LogP contribution in [-0.4, -0.2) is 26.4 Å². The number of anilines is 1. The van der Waals surface area contributed by atoms with E-state index in [1.54, 1.807) is 24.3 Å². The second kappa shape index (κ2) is 9.95. The first kappa shape index (κ1) is 20.0. The molecule has 3 rings (SSSR count). The lowest BCUT2D eigenvalue weighted by Gasteiger charge is -2.21.